The minimum atomic E-state index is -0.985. The SMILES string of the molecule is Cc1ncc(Nc2ccc(Br)c(C(=O)O)c2)nc1C. The largest absolute Gasteiger partial charge is 0.478 e. The van der Waals surface area contributed by atoms with Gasteiger partial charge in [0.2, 0.25) is 0 Å². The van der Waals surface area contributed by atoms with E-state index in [1.165, 1.54) is 0 Å². The maximum absolute atomic E-state index is 11.0. The highest BCUT2D eigenvalue weighted by atomic mass is 79.9. The molecule has 5 nitrogen and oxygen atoms in total. The molecule has 0 unspecified atom stereocenters. The van der Waals surface area contributed by atoms with Gasteiger partial charge >= 0.3 is 5.97 Å². The zero-order valence-electron chi connectivity index (χ0n) is 10.4. The molecule has 0 aliphatic carbocycles. The molecule has 0 amide bonds. The molecule has 0 saturated carbocycles. The Kier molecular flexibility index (Phi) is 3.80. The molecule has 0 aliphatic heterocycles. The van der Waals surface area contributed by atoms with Crippen molar-refractivity contribution < 1.29 is 9.90 Å². The van der Waals surface area contributed by atoms with Crippen LogP contribution < -0.4 is 5.32 Å². The van der Waals surface area contributed by atoms with E-state index in [1.54, 1.807) is 24.4 Å². The van der Waals surface area contributed by atoms with E-state index in [-0.39, 0.29) is 5.56 Å². The first-order valence-corrected chi connectivity index (χ1v) is 6.37. The molecule has 1 heterocycles. The number of aromatic nitrogens is 2. The third-order valence-electron chi connectivity index (χ3n) is 2.66. The van der Waals surface area contributed by atoms with Gasteiger partial charge in [-0.25, -0.2) is 9.78 Å². The number of halogens is 1. The summed E-state index contributed by atoms with van der Waals surface area (Å²) in [5.41, 5.74) is 2.55. The first-order chi connectivity index (χ1) is 8.97. The number of rotatable bonds is 3. The van der Waals surface area contributed by atoms with Gasteiger partial charge in [-0.1, -0.05) is 0 Å². The molecule has 6 heteroatoms. The van der Waals surface area contributed by atoms with E-state index in [1.807, 2.05) is 13.8 Å². The number of nitrogens with zero attached hydrogens (tertiary/aromatic N) is 2. The van der Waals surface area contributed by atoms with Crippen molar-refractivity contribution in [3.63, 3.8) is 0 Å². The molecule has 0 bridgehead atoms. The van der Waals surface area contributed by atoms with Crippen LogP contribution in [0.5, 0.6) is 0 Å². The van der Waals surface area contributed by atoms with Gasteiger partial charge < -0.3 is 10.4 Å². The summed E-state index contributed by atoms with van der Waals surface area (Å²) in [6.07, 6.45) is 1.62. The van der Waals surface area contributed by atoms with Gasteiger partial charge in [-0.2, -0.15) is 0 Å². The van der Waals surface area contributed by atoms with Crippen molar-refractivity contribution in [2.75, 3.05) is 5.32 Å². The molecule has 2 rings (SSSR count). The van der Waals surface area contributed by atoms with Crippen molar-refractivity contribution in [2.45, 2.75) is 13.8 Å². The third-order valence-corrected chi connectivity index (χ3v) is 3.35. The first-order valence-electron chi connectivity index (χ1n) is 5.57. The molecule has 2 N–H and O–H groups in total. The average molecular weight is 322 g/mol. The maximum Gasteiger partial charge on any atom is 0.336 e. The van der Waals surface area contributed by atoms with E-state index in [0.717, 1.165) is 11.4 Å². The van der Waals surface area contributed by atoms with E-state index in [4.69, 9.17) is 5.11 Å². The maximum atomic E-state index is 11.0. The zero-order chi connectivity index (χ0) is 14.0. The lowest BCUT2D eigenvalue weighted by atomic mass is 10.2. The fourth-order valence-electron chi connectivity index (χ4n) is 1.52. The lowest BCUT2D eigenvalue weighted by Crippen LogP contribution is -2.02. The van der Waals surface area contributed by atoms with Crippen LogP contribution in [0.1, 0.15) is 21.7 Å². The predicted molar refractivity (Wildman–Crippen MR) is 75.9 cm³/mol. The molecule has 0 atom stereocenters. The third kappa shape index (κ3) is 3.08. The van der Waals surface area contributed by atoms with Crippen LogP contribution in [0.2, 0.25) is 0 Å². The van der Waals surface area contributed by atoms with Gasteiger partial charge in [0.05, 0.1) is 23.1 Å². The van der Waals surface area contributed by atoms with Gasteiger partial charge in [0.15, 0.2) is 0 Å². The number of anilines is 2. The Hall–Kier alpha value is -1.95. The van der Waals surface area contributed by atoms with Crippen molar-refractivity contribution in [1.82, 2.24) is 9.97 Å². The summed E-state index contributed by atoms with van der Waals surface area (Å²) < 4.78 is 0.539. The smallest absolute Gasteiger partial charge is 0.336 e. The highest BCUT2D eigenvalue weighted by molar-refractivity contribution is 9.10. The molecule has 1 aromatic heterocycles. The topological polar surface area (TPSA) is 75.1 Å². The fourth-order valence-corrected chi connectivity index (χ4v) is 1.93. The van der Waals surface area contributed by atoms with Gasteiger partial charge in [0.1, 0.15) is 5.82 Å². The summed E-state index contributed by atoms with van der Waals surface area (Å²) >= 11 is 3.20. The van der Waals surface area contributed by atoms with Crippen molar-refractivity contribution in [1.29, 1.82) is 0 Å². The van der Waals surface area contributed by atoms with E-state index in [0.29, 0.717) is 16.0 Å². The molecule has 0 radical (unpaired) electrons. The van der Waals surface area contributed by atoms with E-state index in [9.17, 15) is 4.79 Å². The number of benzene rings is 1. The number of hydrogen-bond donors (Lipinski definition) is 2. The van der Waals surface area contributed by atoms with Crippen LogP contribution in [-0.2, 0) is 0 Å². The Morgan fingerprint density at radius 3 is 2.68 bits per heavy atom. The van der Waals surface area contributed by atoms with E-state index in [2.05, 4.69) is 31.2 Å². The number of aromatic carboxylic acids is 1. The summed E-state index contributed by atoms with van der Waals surface area (Å²) in [5, 5.41) is 12.1. The summed E-state index contributed by atoms with van der Waals surface area (Å²) in [6, 6.07) is 5.00. The molecule has 0 spiro atoms. The fraction of sp³-hybridized carbons (Fsp3) is 0.154. The van der Waals surface area contributed by atoms with Gasteiger partial charge in [0.25, 0.3) is 0 Å². The average Bonchev–Trinajstić information content (AvgIpc) is 2.36. The van der Waals surface area contributed by atoms with Crippen LogP contribution in [0, 0.1) is 13.8 Å². The Labute approximate surface area is 118 Å². The lowest BCUT2D eigenvalue weighted by Gasteiger charge is -2.08. The van der Waals surface area contributed by atoms with Crippen LogP contribution in [0.4, 0.5) is 11.5 Å². The zero-order valence-corrected chi connectivity index (χ0v) is 12.0. The minimum absolute atomic E-state index is 0.196. The van der Waals surface area contributed by atoms with Crippen molar-refractivity contribution in [2.24, 2.45) is 0 Å². The summed E-state index contributed by atoms with van der Waals surface area (Å²) in [6.45, 7) is 3.76. The van der Waals surface area contributed by atoms with E-state index >= 15 is 0 Å². The Bertz CT molecular complexity index is 644. The minimum Gasteiger partial charge on any atom is -0.478 e. The van der Waals surface area contributed by atoms with Crippen LogP contribution >= 0.6 is 15.9 Å². The van der Waals surface area contributed by atoms with Crippen LogP contribution in [0.15, 0.2) is 28.9 Å². The molecule has 1 aromatic carbocycles. The van der Waals surface area contributed by atoms with Crippen molar-refractivity contribution >= 4 is 33.4 Å². The second-order valence-electron chi connectivity index (χ2n) is 4.05. The summed E-state index contributed by atoms with van der Waals surface area (Å²) in [7, 11) is 0. The highest BCUT2D eigenvalue weighted by Crippen LogP contribution is 2.23. The number of carbonyl (C=O) groups is 1. The lowest BCUT2D eigenvalue weighted by molar-refractivity contribution is 0.0696. The first kappa shape index (κ1) is 13.5. The second-order valence-corrected chi connectivity index (χ2v) is 4.91. The predicted octanol–water partition coefficient (Wildman–Crippen LogP) is 3.30. The standard InChI is InChI=1S/C13H12BrN3O2/c1-7-8(2)16-12(6-15-7)17-9-3-4-11(14)10(5-9)13(18)19/h3-6H,1-2H3,(H,16,17)(H,18,19). The van der Waals surface area contributed by atoms with Gasteiger partial charge in [-0.3, -0.25) is 4.98 Å². The number of carboxylic acids is 1. The normalized spacial score (nSPS) is 10.3. The molecule has 0 saturated heterocycles. The Morgan fingerprint density at radius 2 is 2.05 bits per heavy atom. The number of carboxylic acid groups (broad SMARTS) is 1. The molecular weight excluding hydrogens is 310 g/mol. The molecule has 2 aromatic rings. The van der Waals surface area contributed by atoms with E-state index < -0.39 is 5.97 Å². The highest BCUT2D eigenvalue weighted by Gasteiger charge is 2.09. The van der Waals surface area contributed by atoms with Gasteiger partial charge in [-0.15, -0.1) is 0 Å². The van der Waals surface area contributed by atoms with Crippen molar-refractivity contribution in [3.8, 4) is 0 Å². The summed E-state index contributed by atoms with van der Waals surface area (Å²) in [4.78, 5) is 19.6. The molecule has 0 aliphatic rings. The quantitative estimate of drug-likeness (QED) is 0.907. The molecular formula is C13H12BrN3O2. The second kappa shape index (κ2) is 5.36. The Balaban J connectivity index is 2.30. The summed E-state index contributed by atoms with van der Waals surface area (Å²) in [5.74, 6) is -0.400. The van der Waals surface area contributed by atoms with Crippen LogP contribution in [0.3, 0.4) is 0 Å². The van der Waals surface area contributed by atoms with Crippen LogP contribution in [-0.4, -0.2) is 21.0 Å². The van der Waals surface area contributed by atoms with Gasteiger partial charge in [-0.05, 0) is 48.0 Å². The number of hydrogen-bond acceptors (Lipinski definition) is 4. The number of nitrogens with one attached hydrogen (secondary N) is 1. The Morgan fingerprint density at radius 1 is 1.32 bits per heavy atom. The number of aryl methyl sites for hydroxylation is 2. The molecule has 19 heavy (non-hydrogen) atoms. The van der Waals surface area contributed by atoms with Crippen LogP contribution in [0.25, 0.3) is 0 Å². The van der Waals surface area contributed by atoms with Gasteiger partial charge in [0, 0.05) is 10.2 Å². The molecule has 98 valence electrons. The monoisotopic (exact) mass is 321 g/mol. The van der Waals surface area contributed by atoms with Crippen molar-refractivity contribution in [3.05, 3.63) is 45.8 Å². The molecule has 0 fully saturated rings.